The number of benzene rings is 1. The number of hydrogen-bond acceptors (Lipinski definition) is 4. The van der Waals surface area contributed by atoms with E-state index in [9.17, 15) is 10.2 Å². The summed E-state index contributed by atoms with van der Waals surface area (Å²) in [6.07, 6.45) is 3.01. The van der Waals surface area contributed by atoms with E-state index in [-0.39, 0.29) is 24.4 Å². The molecule has 0 bridgehead atoms. The first-order valence-electron chi connectivity index (χ1n) is 5.82. The van der Waals surface area contributed by atoms with Gasteiger partial charge < -0.3 is 15.5 Å². The second-order valence-corrected chi connectivity index (χ2v) is 5.13. The number of phenolic OH excluding ortho intramolecular Hbond substituents is 1. The maximum absolute atomic E-state index is 9.41. The molecule has 0 fully saturated rings. The van der Waals surface area contributed by atoms with E-state index in [4.69, 9.17) is 0 Å². The van der Waals surface area contributed by atoms with Gasteiger partial charge in [-0.05, 0) is 43.0 Å². The Hall–Kier alpha value is -0.710. The highest BCUT2D eigenvalue weighted by Gasteiger charge is 2.12. The first kappa shape index (κ1) is 14.4. The molecule has 0 saturated carbocycles. The summed E-state index contributed by atoms with van der Waals surface area (Å²) in [5.74, 6) is 1.31. The fourth-order valence-corrected chi connectivity index (χ4v) is 2.25. The maximum atomic E-state index is 9.41. The molecule has 0 saturated heterocycles. The summed E-state index contributed by atoms with van der Waals surface area (Å²) >= 11 is 1.78. The summed E-state index contributed by atoms with van der Waals surface area (Å²) in [6.45, 7) is 2.18. The first-order chi connectivity index (χ1) is 8.17. The SMILES string of the molecule is CSCCC(CO)NC(C)c1cccc(O)c1. The zero-order valence-electron chi connectivity index (χ0n) is 10.4. The van der Waals surface area contributed by atoms with Crippen molar-refractivity contribution in [1.29, 1.82) is 0 Å². The zero-order chi connectivity index (χ0) is 12.7. The summed E-state index contributed by atoms with van der Waals surface area (Å²) in [7, 11) is 0. The Morgan fingerprint density at radius 2 is 2.18 bits per heavy atom. The van der Waals surface area contributed by atoms with Crippen LogP contribution in [-0.4, -0.2) is 34.9 Å². The van der Waals surface area contributed by atoms with Crippen molar-refractivity contribution in [2.75, 3.05) is 18.6 Å². The van der Waals surface area contributed by atoms with E-state index in [2.05, 4.69) is 11.6 Å². The molecule has 0 aromatic heterocycles. The van der Waals surface area contributed by atoms with Crippen molar-refractivity contribution >= 4 is 11.8 Å². The summed E-state index contributed by atoms with van der Waals surface area (Å²) in [5, 5.41) is 22.1. The van der Waals surface area contributed by atoms with Crippen molar-refractivity contribution in [2.24, 2.45) is 0 Å². The van der Waals surface area contributed by atoms with Crippen LogP contribution in [0.2, 0.25) is 0 Å². The molecule has 1 aromatic rings. The minimum Gasteiger partial charge on any atom is -0.508 e. The highest BCUT2D eigenvalue weighted by Crippen LogP contribution is 2.18. The number of aliphatic hydroxyl groups excluding tert-OH is 1. The van der Waals surface area contributed by atoms with E-state index in [1.165, 1.54) is 0 Å². The van der Waals surface area contributed by atoms with Crippen LogP contribution in [0.15, 0.2) is 24.3 Å². The Morgan fingerprint density at radius 3 is 2.76 bits per heavy atom. The summed E-state index contributed by atoms with van der Waals surface area (Å²) in [6, 6.07) is 7.45. The first-order valence-corrected chi connectivity index (χ1v) is 7.21. The lowest BCUT2D eigenvalue weighted by Gasteiger charge is -2.22. The number of thioether (sulfide) groups is 1. The fraction of sp³-hybridized carbons (Fsp3) is 0.538. The molecule has 96 valence electrons. The topological polar surface area (TPSA) is 52.5 Å². The second-order valence-electron chi connectivity index (χ2n) is 4.14. The molecule has 3 N–H and O–H groups in total. The standard InChI is InChI=1S/C13H21NO2S/c1-10(11-4-3-5-13(16)8-11)14-12(9-15)6-7-17-2/h3-5,8,10,12,14-16H,6-7,9H2,1-2H3. The summed E-state index contributed by atoms with van der Waals surface area (Å²) in [4.78, 5) is 0. The minimum atomic E-state index is 0.111. The van der Waals surface area contributed by atoms with Crippen molar-refractivity contribution in [3.8, 4) is 5.75 Å². The number of aliphatic hydroxyl groups is 1. The van der Waals surface area contributed by atoms with Gasteiger partial charge in [-0.2, -0.15) is 11.8 Å². The quantitative estimate of drug-likeness (QED) is 0.699. The molecule has 17 heavy (non-hydrogen) atoms. The predicted octanol–water partition coefficient (Wildman–Crippen LogP) is 2.16. The highest BCUT2D eigenvalue weighted by molar-refractivity contribution is 7.98. The van der Waals surface area contributed by atoms with E-state index in [1.54, 1.807) is 23.9 Å². The normalized spacial score (nSPS) is 14.5. The molecule has 3 nitrogen and oxygen atoms in total. The minimum absolute atomic E-state index is 0.111. The third-order valence-electron chi connectivity index (χ3n) is 2.75. The lowest BCUT2D eigenvalue weighted by molar-refractivity contribution is 0.231. The number of hydrogen-bond donors (Lipinski definition) is 3. The van der Waals surface area contributed by atoms with Crippen molar-refractivity contribution in [2.45, 2.75) is 25.4 Å². The van der Waals surface area contributed by atoms with E-state index < -0.39 is 0 Å². The number of aromatic hydroxyl groups is 1. The summed E-state index contributed by atoms with van der Waals surface area (Å²) < 4.78 is 0. The van der Waals surface area contributed by atoms with Crippen LogP contribution in [0.25, 0.3) is 0 Å². The Kier molecular flexibility index (Phi) is 6.40. The van der Waals surface area contributed by atoms with Crippen molar-refractivity contribution in [1.82, 2.24) is 5.32 Å². The molecule has 1 aromatic carbocycles. The molecule has 0 heterocycles. The van der Waals surface area contributed by atoms with Gasteiger partial charge in [-0.25, -0.2) is 0 Å². The average Bonchev–Trinajstić information content (AvgIpc) is 2.34. The van der Waals surface area contributed by atoms with Crippen LogP contribution < -0.4 is 5.32 Å². The number of phenols is 1. The van der Waals surface area contributed by atoms with Crippen LogP contribution in [-0.2, 0) is 0 Å². The molecule has 2 unspecified atom stereocenters. The smallest absolute Gasteiger partial charge is 0.115 e. The lowest BCUT2D eigenvalue weighted by Crippen LogP contribution is -2.35. The van der Waals surface area contributed by atoms with Gasteiger partial charge in [-0.15, -0.1) is 0 Å². The Bertz CT molecular complexity index is 333. The molecule has 0 radical (unpaired) electrons. The molecule has 0 aliphatic carbocycles. The van der Waals surface area contributed by atoms with Crippen molar-refractivity contribution in [3.05, 3.63) is 29.8 Å². The largest absolute Gasteiger partial charge is 0.508 e. The molecule has 0 aliphatic rings. The van der Waals surface area contributed by atoms with Gasteiger partial charge in [0, 0.05) is 12.1 Å². The third kappa shape index (κ3) is 4.98. The van der Waals surface area contributed by atoms with Crippen LogP contribution in [0.4, 0.5) is 0 Å². The second kappa shape index (κ2) is 7.58. The zero-order valence-corrected chi connectivity index (χ0v) is 11.2. The number of nitrogens with one attached hydrogen (secondary N) is 1. The Morgan fingerprint density at radius 1 is 1.41 bits per heavy atom. The van der Waals surface area contributed by atoms with Gasteiger partial charge in [-0.3, -0.25) is 0 Å². The third-order valence-corrected chi connectivity index (χ3v) is 3.39. The van der Waals surface area contributed by atoms with Crippen LogP contribution in [0.3, 0.4) is 0 Å². The van der Waals surface area contributed by atoms with Gasteiger partial charge in [0.25, 0.3) is 0 Å². The van der Waals surface area contributed by atoms with E-state index >= 15 is 0 Å². The monoisotopic (exact) mass is 255 g/mol. The van der Waals surface area contributed by atoms with E-state index in [0.29, 0.717) is 0 Å². The van der Waals surface area contributed by atoms with Crippen LogP contribution in [0, 0.1) is 0 Å². The molecule has 1 rings (SSSR count). The lowest BCUT2D eigenvalue weighted by atomic mass is 10.1. The van der Waals surface area contributed by atoms with E-state index in [1.807, 2.05) is 19.1 Å². The molecular formula is C13H21NO2S. The molecule has 2 atom stereocenters. The molecule has 0 spiro atoms. The van der Waals surface area contributed by atoms with Gasteiger partial charge in [0.1, 0.15) is 5.75 Å². The van der Waals surface area contributed by atoms with E-state index in [0.717, 1.165) is 17.7 Å². The van der Waals surface area contributed by atoms with Crippen LogP contribution >= 0.6 is 11.8 Å². The fourth-order valence-electron chi connectivity index (χ4n) is 1.73. The molecule has 0 amide bonds. The predicted molar refractivity (Wildman–Crippen MR) is 73.5 cm³/mol. The van der Waals surface area contributed by atoms with Gasteiger partial charge in [0.15, 0.2) is 0 Å². The molecular weight excluding hydrogens is 234 g/mol. The van der Waals surface area contributed by atoms with Gasteiger partial charge in [0.2, 0.25) is 0 Å². The van der Waals surface area contributed by atoms with Crippen molar-refractivity contribution in [3.63, 3.8) is 0 Å². The van der Waals surface area contributed by atoms with Gasteiger partial charge in [0.05, 0.1) is 6.61 Å². The summed E-state index contributed by atoms with van der Waals surface area (Å²) in [5.41, 5.74) is 1.03. The van der Waals surface area contributed by atoms with Crippen molar-refractivity contribution < 1.29 is 10.2 Å². The Balaban J connectivity index is 2.54. The molecule has 0 aliphatic heterocycles. The highest BCUT2D eigenvalue weighted by atomic mass is 32.2. The van der Waals surface area contributed by atoms with Gasteiger partial charge >= 0.3 is 0 Å². The maximum Gasteiger partial charge on any atom is 0.115 e. The van der Waals surface area contributed by atoms with Crippen LogP contribution in [0.5, 0.6) is 5.75 Å². The Labute approximate surface area is 107 Å². The van der Waals surface area contributed by atoms with Crippen LogP contribution in [0.1, 0.15) is 24.9 Å². The molecule has 4 heteroatoms. The average molecular weight is 255 g/mol. The number of rotatable bonds is 7. The van der Waals surface area contributed by atoms with Gasteiger partial charge in [-0.1, -0.05) is 12.1 Å².